The highest BCUT2D eigenvalue weighted by Gasteiger charge is 2.36. The molecule has 1 unspecified atom stereocenters. The molecule has 29 heavy (non-hydrogen) atoms. The van der Waals surface area contributed by atoms with Crippen molar-refractivity contribution in [2.24, 2.45) is 5.92 Å². The third-order valence-electron chi connectivity index (χ3n) is 5.72. The van der Waals surface area contributed by atoms with Crippen LogP contribution in [0.2, 0.25) is 0 Å². The molecule has 1 aliphatic carbocycles. The second kappa shape index (κ2) is 10.8. The SMILES string of the molecule is CC1(C)COC(=O)CCCCC=CCC(CC(=O)NC2(CO)CCCC2)C(=O)N1. The third kappa shape index (κ3) is 7.80. The Morgan fingerprint density at radius 2 is 1.93 bits per heavy atom. The number of allylic oxidation sites excluding steroid dienone is 2. The van der Waals surface area contributed by atoms with Gasteiger partial charge < -0.3 is 20.5 Å². The molecule has 1 saturated carbocycles. The predicted octanol–water partition coefficient (Wildman–Crippen LogP) is 2.37. The minimum absolute atomic E-state index is 0.0633. The normalized spacial score (nSPS) is 25.6. The van der Waals surface area contributed by atoms with Gasteiger partial charge in [0.05, 0.1) is 23.6 Å². The maximum atomic E-state index is 12.9. The summed E-state index contributed by atoms with van der Waals surface area (Å²) in [6.07, 6.45) is 10.9. The van der Waals surface area contributed by atoms with Crippen molar-refractivity contribution in [3.63, 3.8) is 0 Å². The fourth-order valence-corrected chi connectivity index (χ4v) is 3.94. The van der Waals surface area contributed by atoms with E-state index in [0.717, 1.165) is 44.9 Å². The zero-order valence-corrected chi connectivity index (χ0v) is 17.8. The van der Waals surface area contributed by atoms with Crippen molar-refractivity contribution in [3.8, 4) is 0 Å². The summed E-state index contributed by atoms with van der Waals surface area (Å²) in [4.78, 5) is 37.4. The van der Waals surface area contributed by atoms with E-state index < -0.39 is 17.0 Å². The van der Waals surface area contributed by atoms with Crippen molar-refractivity contribution in [2.45, 2.75) is 89.1 Å². The largest absolute Gasteiger partial charge is 0.463 e. The van der Waals surface area contributed by atoms with Gasteiger partial charge >= 0.3 is 5.97 Å². The second-order valence-corrected chi connectivity index (χ2v) is 9.08. The van der Waals surface area contributed by atoms with Gasteiger partial charge in [0.2, 0.25) is 11.8 Å². The van der Waals surface area contributed by atoms with E-state index >= 15 is 0 Å². The average Bonchev–Trinajstić information content (AvgIpc) is 3.12. The molecule has 2 aliphatic rings. The smallest absolute Gasteiger partial charge is 0.305 e. The number of nitrogens with one attached hydrogen (secondary N) is 2. The van der Waals surface area contributed by atoms with Crippen LogP contribution in [-0.4, -0.2) is 47.2 Å². The van der Waals surface area contributed by atoms with Crippen LogP contribution in [0.5, 0.6) is 0 Å². The van der Waals surface area contributed by atoms with Crippen LogP contribution in [0.25, 0.3) is 0 Å². The van der Waals surface area contributed by atoms with Crippen molar-refractivity contribution >= 4 is 17.8 Å². The lowest BCUT2D eigenvalue weighted by Gasteiger charge is -2.30. The number of amides is 2. The molecular formula is C22H36N2O5. The van der Waals surface area contributed by atoms with Crippen LogP contribution in [0.1, 0.15) is 78.1 Å². The molecule has 0 radical (unpaired) electrons. The van der Waals surface area contributed by atoms with Crippen LogP contribution in [0.15, 0.2) is 12.2 Å². The van der Waals surface area contributed by atoms with E-state index in [1.165, 1.54) is 0 Å². The summed E-state index contributed by atoms with van der Waals surface area (Å²) in [6.45, 7) is 3.63. The zero-order valence-electron chi connectivity index (χ0n) is 17.8. The van der Waals surface area contributed by atoms with Crippen LogP contribution in [0.3, 0.4) is 0 Å². The number of carbonyl (C=O) groups excluding carboxylic acids is 3. The van der Waals surface area contributed by atoms with E-state index in [9.17, 15) is 19.5 Å². The van der Waals surface area contributed by atoms with Crippen molar-refractivity contribution in [3.05, 3.63) is 12.2 Å². The number of hydrogen-bond acceptors (Lipinski definition) is 5. The first-order valence-electron chi connectivity index (χ1n) is 10.8. The van der Waals surface area contributed by atoms with Crippen molar-refractivity contribution < 1.29 is 24.2 Å². The van der Waals surface area contributed by atoms with Gasteiger partial charge in [0.15, 0.2) is 0 Å². The van der Waals surface area contributed by atoms with Crippen LogP contribution < -0.4 is 10.6 Å². The molecule has 0 spiro atoms. The van der Waals surface area contributed by atoms with Gasteiger partial charge in [0, 0.05) is 12.8 Å². The number of aliphatic hydroxyl groups excluding tert-OH is 1. The number of hydrogen-bond donors (Lipinski definition) is 3. The van der Waals surface area contributed by atoms with Crippen molar-refractivity contribution in [1.29, 1.82) is 0 Å². The molecule has 1 aliphatic heterocycles. The third-order valence-corrected chi connectivity index (χ3v) is 5.72. The van der Waals surface area contributed by atoms with Crippen molar-refractivity contribution in [2.75, 3.05) is 13.2 Å². The molecule has 7 nitrogen and oxygen atoms in total. The Bertz CT molecular complexity index is 608. The predicted molar refractivity (Wildman–Crippen MR) is 110 cm³/mol. The van der Waals surface area contributed by atoms with Gasteiger partial charge in [-0.05, 0) is 52.4 Å². The molecule has 2 amide bonds. The molecule has 0 saturated heterocycles. The Labute approximate surface area is 173 Å². The topological polar surface area (TPSA) is 105 Å². The summed E-state index contributed by atoms with van der Waals surface area (Å²) < 4.78 is 5.30. The molecular weight excluding hydrogens is 372 g/mol. The first-order valence-corrected chi connectivity index (χ1v) is 10.8. The Hall–Kier alpha value is -1.89. The Kier molecular flexibility index (Phi) is 8.68. The monoisotopic (exact) mass is 408 g/mol. The van der Waals surface area contributed by atoms with E-state index in [0.29, 0.717) is 12.8 Å². The van der Waals surface area contributed by atoms with Gasteiger partial charge in [-0.15, -0.1) is 0 Å². The molecule has 1 heterocycles. The molecule has 0 aromatic rings. The second-order valence-electron chi connectivity index (χ2n) is 9.08. The van der Waals surface area contributed by atoms with Gasteiger partial charge in [-0.2, -0.15) is 0 Å². The van der Waals surface area contributed by atoms with Gasteiger partial charge in [-0.25, -0.2) is 0 Å². The minimum Gasteiger partial charge on any atom is -0.463 e. The molecule has 164 valence electrons. The van der Waals surface area contributed by atoms with Crippen LogP contribution in [0.4, 0.5) is 0 Å². The number of ether oxygens (including phenoxy) is 1. The molecule has 3 N–H and O–H groups in total. The maximum absolute atomic E-state index is 12.9. The molecule has 0 aromatic heterocycles. The van der Waals surface area contributed by atoms with Gasteiger partial charge in [-0.3, -0.25) is 14.4 Å². The highest BCUT2D eigenvalue weighted by molar-refractivity contribution is 5.86. The molecule has 2 rings (SSSR count). The summed E-state index contributed by atoms with van der Waals surface area (Å²) in [5, 5.41) is 15.6. The van der Waals surface area contributed by atoms with Gasteiger partial charge in [-0.1, -0.05) is 25.0 Å². The quantitative estimate of drug-likeness (QED) is 0.489. The lowest BCUT2D eigenvalue weighted by Crippen LogP contribution is -2.52. The zero-order chi connectivity index (χ0) is 21.3. The van der Waals surface area contributed by atoms with Crippen molar-refractivity contribution in [1.82, 2.24) is 10.6 Å². The van der Waals surface area contributed by atoms with E-state index in [1.807, 2.05) is 12.2 Å². The van der Waals surface area contributed by atoms with E-state index in [4.69, 9.17) is 4.74 Å². The van der Waals surface area contributed by atoms with E-state index in [1.54, 1.807) is 13.8 Å². The summed E-state index contributed by atoms with van der Waals surface area (Å²) in [6, 6.07) is 0. The number of aliphatic hydroxyl groups is 1. The van der Waals surface area contributed by atoms with E-state index in [2.05, 4.69) is 10.6 Å². The van der Waals surface area contributed by atoms with Crippen LogP contribution in [0, 0.1) is 5.92 Å². The van der Waals surface area contributed by atoms with Crippen LogP contribution in [-0.2, 0) is 19.1 Å². The summed E-state index contributed by atoms with van der Waals surface area (Å²) in [7, 11) is 0. The lowest BCUT2D eigenvalue weighted by atomic mass is 9.94. The summed E-state index contributed by atoms with van der Waals surface area (Å²) in [5.41, 5.74) is -1.26. The molecule has 0 bridgehead atoms. The Morgan fingerprint density at radius 1 is 1.21 bits per heavy atom. The highest BCUT2D eigenvalue weighted by atomic mass is 16.5. The lowest BCUT2D eigenvalue weighted by molar-refractivity contribution is -0.147. The molecule has 1 fully saturated rings. The van der Waals surface area contributed by atoms with Gasteiger partial charge in [0.1, 0.15) is 6.61 Å². The molecule has 1 atom stereocenters. The highest BCUT2D eigenvalue weighted by Crippen LogP contribution is 2.29. The summed E-state index contributed by atoms with van der Waals surface area (Å²) >= 11 is 0. The standard InChI is InChI=1S/C22H36N2O5/c1-21(2)16-29-19(27)11-7-5-3-4-6-10-17(20(28)24-21)14-18(26)23-22(15-25)12-8-9-13-22/h4,6,17,25H,3,5,7-16H2,1-2H3,(H,23,26)(H,24,28). The fourth-order valence-electron chi connectivity index (χ4n) is 3.94. The molecule has 7 heteroatoms. The molecule has 0 aromatic carbocycles. The maximum Gasteiger partial charge on any atom is 0.305 e. The van der Waals surface area contributed by atoms with Crippen LogP contribution >= 0.6 is 0 Å². The summed E-state index contributed by atoms with van der Waals surface area (Å²) in [5.74, 6) is -1.20. The minimum atomic E-state index is -0.715. The van der Waals surface area contributed by atoms with E-state index in [-0.39, 0.29) is 37.4 Å². The van der Waals surface area contributed by atoms with Gasteiger partial charge in [0.25, 0.3) is 0 Å². The Balaban J connectivity index is 2.05. The number of cyclic esters (lactones) is 1. The fraction of sp³-hybridized carbons (Fsp3) is 0.773. The first-order chi connectivity index (χ1) is 13.8. The number of esters is 1. The first kappa shape index (κ1) is 23.4. The Morgan fingerprint density at radius 3 is 2.62 bits per heavy atom. The number of rotatable bonds is 4. The average molecular weight is 409 g/mol. The number of carbonyl (C=O) groups is 3.